The van der Waals surface area contributed by atoms with E-state index in [0.29, 0.717) is 23.5 Å². The van der Waals surface area contributed by atoms with E-state index < -0.39 is 35.3 Å². The minimum Gasteiger partial charge on any atom is -0.497 e. The lowest BCUT2D eigenvalue weighted by Gasteiger charge is -2.37. The highest BCUT2D eigenvalue weighted by molar-refractivity contribution is 5.49. The molecule has 0 saturated carbocycles. The third-order valence-electron chi connectivity index (χ3n) is 7.82. The molecule has 3 aromatic carbocycles. The second kappa shape index (κ2) is 13.7. The number of aromatic amines is 1. The molecule has 10 heteroatoms. The molecule has 44 heavy (non-hydrogen) atoms. The van der Waals surface area contributed by atoms with Gasteiger partial charge in [-0.3, -0.25) is 14.3 Å². The molecule has 0 bridgehead atoms. The Kier molecular flexibility index (Phi) is 9.60. The number of methoxy groups -OCH3 is 2. The Balaban J connectivity index is 1.56. The number of nitrogens with zero attached hydrogens (tertiary/aromatic N) is 2. The zero-order valence-corrected chi connectivity index (χ0v) is 24.9. The van der Waals surface area contributed by atoms with Gasteiger partial charge >= 0.3 is 5.69 Å². The molecule has 1 fully saturated rings. The van der Waals surface area contributed by atoms with Crippen LogP contribution in [0.3, 0.4) is 0 Å². The fourth-order valence-electron chi connectivity index (χ4n) is 5.53. The van der Waals surface area contributed by atoms with E-state index in [-0.39, 0.29) is 19.6 Å². The number of nitriles is 1. The van der Waals surface area contributed by atoms with E-state index in [9.17, 15) is 9.59 Å². The van der Waals surface area contributed by atoms with Crippen LogP contribution in [0.25, 0.3) is 0 Å². The van der Waals surface area contributed by atoms with Crippen LogP contribution in [-0.2, 0) is 19.8 Å². The van der Waals surface area contributed by atoms with E-state index in [4.69, 9.17) is 28.9 Å². The maximum atomic E-state index is 12.7. The van der Waals surface area contributed by atoms with Crippen molar-refractivity contribution >= 4 is 0 Å². The number of ether oxygens (including phenoxy) is 5. The average Bonchev–Trinajstić information content (AvgIpc) is 3.46. The quantitative estimate of drug-likeness (QED) is 0.188. The lowest BCUT2D eigenvalue weighted by molar-refractivity contribution is -0.104. The van der Waals surface area contributed by atoms with E-state index >= 15 is 0 Å². The summed E-state index contributed by atoms with van der Waals surface area (Å²) in [5.74, 6) is 1.42. The second-order valence-corrected chi connectivity index (χ2v) is 10.5. The van der Waals surface area contributed by atoms with Crippen molar-refractivity contribution in [3.05, 3.63) is 128 Å². The first kappa shape index (κ1) is 30.8. The molecule has 1 saturated heterocycles. The van der Waals surface area contributed by atoms with Gasteiger partial charge in [0.25, 0.3) is 5.56 Å². The SMILES string of the molecule is COc1ccc(C(OC[C@H]2O[C@@H](n3cc(C)c(=O)[nH]c3=O)C[C@@H]2OCCC#N)(c2ccccc2)c2ccc(OC)cc2)cc1. The van der Waals surface area contributed by atoms with Gasteiger partial charge in [0.15, 0.2) is 0 Å². The predicted molar refractivity (Wildman–Crippen MR) is 163 cm³/mol. The second-order valence-electron chi connectivity index (χ2n) is 10.5. The van der Waals surface area contributed by atoms with Gasteiger partial charge in [-0.15, -0.1) is 0 Å². The third-order valence-corrected chi connectivity index (χ3v) is 7.82. The van der Waals surface area contributed by atoms with Gasteiger partial charge in [0.2, 0.25) is 0 Å². The molecular formula is C34H35N3O7. The van der Waals surface area contributed by atoms with Crippen molar-refractivity contribution in [2.75, 3.05) is 27.4 Å². The van der Waals surface area contributed by atoms with Gasteiger partial charge in [-0.05, 0) is 47.9 Å². The number of hydrogen-bond donors (Lipinski definition) is 1. The van der Waals surface area contributed by atoms with Crippen LogP contribution in [0.4, 0.5) is 0 Å². The molecule has 0 unspecified atom stereocenters. The van der Waals surface area contributed by atoms with Crippen LogP contribution >= 0.6 is 0 Å². The van der Waals surface area contributed by atoms with Gasteiger partial charge in [0.05, 0.1) is 46.0 Å². The normalized spacial score (nSPS) is 18.1. The van der Waals surface area contributed by atoms with E-state index in [1.54, 1.807) is 21.1 Å². The highest BCUT2D eigenvalue weighted by Crippen LogP contribution is 2.43. The van der Waals surface area contributed by atoms with Crippen molar-refractivity contribution in [1.82, 2.24) is 9.55 Å². The molecule has 0 amide bonds. The summed E-state index contributed by atoms with van der Waals surface area (Å²) in [6.45, 7) is 1.91. The van der Waals surface area contributed by atoms with E-state index in [0.717, 1.165) is 16.7 Å². The Morgan fingerprint density at radius 1 is 0.932 bits per heavy atom. The number of H-pyrrole nitrogens is 1. The minimum atomic E-state index is -1.08. The molecule has 228 valence electrons. The highest BCUT2D eigenvalue weighted by atomic mass is 16.6. The van der Waals surface area contributed by atoms with Crippen molar-refractivity contribution in [2.24, 2.45) is 0 Å². The number of aryl methyl sites for hydroxylation is 1. The lowest BCUT2D eigenvalue weighted by Crippen LogP contribution is -2.38. The molecule has 1 N–H and O–H groups in total. The first-order valence-corrected chi connectivity index (χ1v) is 14.3. The zero-order chi connectivity index (χ0) is 31.1. The topological polar surface area (TPSA) is 125 Å². The number of benzene rings is 3. The fourth-order valence-corrected chi connectivity index (χ4v) is 5.53. The van der Waals surface area contributed by atoms with Crippen LogP contribution in [0.2, 0.25) is 0 Å². The van der Waals surface area contributed by atoms with Crippen LogP contribution in [0, 0.1) is 18.3 Å². The van der Waals surface area contributed by atoms with Crippen LogP contribution in [0.15, 0.2) is 94.6 Å². The molecule has 0 radical (unpaired) electrons. The molecule has 3 atom stereocenters. The van der Waals surface area contributed by atoms with Crippen molar-refractivity contribution in [2.45, 2.75) is 43.8 Å². The Labute approximate surface area is 255 Å². The van der Waals surface area contributed by atoms with Crippen LogP contribution in [0.5, 0.6) is 11.5 Å². The molecule has 10 nitrogen and oxygen atoms in total. The maximum absolute atomic E-state index is 12.7. The van der Waals surface area contributed by atoms with Gasteiger partial charge in [-0.2, -0.15) is 5.26 Å². The van der Waals surface area contributed by atoms with Gasteiger partial charge in [0.1, 0.15) is 29.4 Å². The summed E-state index contributed by atoms with van der Waals surface area (Å²) in [6.07, 6.45) is 0.244. The van der Waals surface area contributed by atoms with Crippen LogP contribution in [0.1, 0.15) is 41.3 Å². The Morgan fingerprint density at radius 2 is 1.52 bits per heavy atom. The molecule has 4 aromatic rings. The van der Waals surface area contributed by atoms with Gasteiger partial charge < -0.3 is 23.7 Å². The first-order valence-electron chi connectivity index (χ1n) is 14.3. The molecule has 0 aliphatic carbocycles. The van der Waals surface area contributed by atoms with Crippen molar-refractivity contribution in [1.29, 1.82) is 5.26 Å². The number of hydrogen-bond acceptors (Lipinski definition) is 8. The standard InChI is InChI=1S/C34H35N3O7/c1-23-21-37(33(39)36-32(23)38)31-20-29(42-19-7-18-35)30(44-31)22-43-34(24-8-5-4-6-9-24,25-10-14-27(40-2)15-11-25)26-12-16-28(41-3)17-13-26/h4-6,8-17,21,29-31H,7,19-20,22H2,1-3H3,(H,36,38,39)/t29-,30+,31+/m0/s1. The third kappa shape index (κ3) is 6.31. The predicted octanol–water partition coefficient (Wildman–Crippen LogP) is 4.46. The van der Waals surface area contributed by atoms with E-state index in [1.807, 2.05) is 78.9 Å². The number of nitrogens with one attached hydrogen (secondary N) is 1. The van der Waals surface area contributed by atoms with E-state index in [1.165, 1.54) is 10.8 Å². The van der Waals surface area contributed by atoms with Crippen LogP contribution in [-0.4, -0.2) is 49.2 Å². The monoisotopic (exact) mass is 597 g/mol. The lowest BCUT2D eigenvalue weighted by atomic mass is 9.80. The summed E-state index contributed by atoms with van der Waals surface area (Å²) in [4.78, 5) is 27.1. The number of aromatic nitrogens is 2. The summed E-state index contributed by atoms with van der Waals surface area (Å²) in [5, 5.41) is 9.11. The molecule has 1 aliphatic heterocycles. The molecular weight excluding hydrogens is 562 g/mol. The van der Waals surface area contributed by atoms with Crippen molar-refractivity contribution in [3.63, 3.8) is 0 Å². The molecule has 1 aromatic heterocycles. The minimum absolute atomic E-state index is 0.0811. The van der Waals surface area contributed by atoms with Gasteiger partial charge in [-0.25, -0.2) is 4.79 Å². The molecule has 2 heterocycles. The first-order chi connectivity index (χ1) is 21.4. The van der Waals surface area contributed by atoms with Crippen molar-refractivity contribution in [3.8, 4) is 17.6 Å². The summed E-state index contributed by atoms with van der Waals surface area (Å²) < 4.78 is 31.8. The summed E-state index contributed by atoms with van der Waals surface area (Å²) in [6, 6.07) is 27.4. The Hall–Kier alpha value is -4.69. The molecule has 0 spiro atoms. The van der Waals surface area contributed by atoms with Gasteiger partial charge in [0, 0.05) is 18.2 Å². The average molecular weight is 598 g/mol. The fraction of sp³-hybridized carbons (Fsp3) is 0.324. The van der Waals surface area contributed by atoms with Crippen LogP contribution < -0.4 is 20.7 Å². The largest absolute Gasteiger partial charge is 0.497 e. The summed E-state index contributed by atoms with van der Waals surface area (Å²) in [5.41, 5.74) is 0.897. The smallest absolute Gasteiger partial charge is 0.330 e. The molecule has 5 rings (SSSR count). The van der Waals surface area contributed by atoms with Gasteiger partial charge in [-0.1, -0.05) is 54.6 Å². The Bertz CT molecular complexity index is 1650. The maximum Gasteiger partial charge on any atom is 0.330 e. The summed E-state index contributed by atoms with van der Waals surface area (Å²) in [7, 11) is 3.24. The molecule has 1 aliphatic rings. The zero-order valence-electron chi connectivity index (χ0n) is 24.9. The number of rotatable bonds is 12. The Morgan fingerprint density at radius 3 is 2.09 bits per heavy atom. The van der Waals surface area contributed by atoms with E-state index in [2.05, 4.69) is 11.1 Å². The van der Waals surface area contributed by atoms with Crippen molar-refractivity contribution < 1.29 is 23.7 Å². The highest BCUT2D eigenvalue weighted by Gasteiger charge is 2.43. The summed E-state index contributed by atoms with van der Waals surface area (Å²) >= 11 is 0.